The van der Waals surface area contributed by atoms with Crippen molar-refractivity contribution in [3.8, 4) is 0 Å². The van der Waals surface area contributed by atoms with E-state index in [1.54, 1.807) is 24.3 Å². The van der Waals surface area contributed by atoms with Crippen molar-refractivity contribution in [3.05, 3.63) is 35.9 Å². The maximum absolute atomic E-state index is 11.3. The summed E-state index contributed by atoms with van der Waals surface area (Å²) in [6, 6.07) is 8.71. The zero-order valence-electron chi connectivity index (χ0n) is 6.77. The van der Waals surface area contributed by atoms with Crippen LogP contribution < -0.4 is 0 Å². The summed E-state index contributed by atoms with van der Waals surface area (Å²) in [7, 11) is 0. The van der Waals surface area contributed by atoms with Gasteiger partial charge in [0.2, 0.25) is 10.2 Å². The Morgan fingerprint density at radius 1 is 1.23 bits per heavy atom. The highest BCUT2D eigenvalue weighted by Crippen LogP contribution is 2.13. The molecule has 0 bridgehead atoms. The van der Waals surface area contributed by atoms with Crippen molar-refractivity contribution in [2.75, 3.05) is 5.75 Å². The molecule has 68 valence electrons. The molecule has 0 N–H and O–H groups in total. The van der Waals surface area contributed by atoms with Gasteiger partial charge in [-0.3, -0.25) is 9.59 Å². The first-order chi connectivity index (χ1) is 6.24. The van der Waals surface area contributed by atoms with E-state index in [0.29, 0.717) is 17.3 Å². The van der Waals surface area contributed by atoms with Crippen molar-refractivity contribution in [2.45, 2.75) is 0 Å². The van der Waals surface area contributed by atoms with Crippen molar-refractivity contribution in [1.29, 1.82) is 0 Å². The summed E-state index contributed by atoms with van der Waals surface area (Å²) in [5, 5.41) is -0.447. The first-order valence-electron chi connectivity index (χ1n) is 3.65. The number of hydrogen-bond donors (Lipinski definition) is 1. The number of thioether (sulfide) groups is 1. The minimum atomic E-state index is -0.225. The molecule has 0 fully saturated rings. The van der Waals surface area contributed by atoms with Gasteiger partial charge in [0.1, 0.15) is 0 Å². The normalized spacial score (nSPS) is 9.62. The van der Waals surface area contributed by atoms with Gasteiger partial charge in [-0.1, -0.05) is 30.3 Å². The Labute approximate surface area is 86.1 Å². The molecule has 0 saturated heterocycles. The quantitative estimate of drug-likeness (QED) is 0.761. The van der Waals surface area contributed by atoms with Crippen molar-refractivity contribution >= 4 is 34.6 Å². The van der Waals surface area contributed by atoms with Crippen LogP contribution >= 0.6 is 24.4 Å². The average Bonchev–Trinajstić information content (AvgIpc) is 2.19. The second-order valence-corrected chi connectivity index (χ2v) is 3.63. The van der Waals surface area contributed by atoms with Gasteiger partial charge in [-0.15, -0.1) is 0 Å². The molecule has 0 aliphatic rings. The van der Waals surface area contributed by atoms with Crippen molar-refractivity contribution < 1.29 is 9.59 Å². The van der Waals surface area contributed by atoms with Gasteiger partial charge in [-0.05, 0) is 11.8 Å². The molecular formula is C9H8O2S2. The summed E-state index contributed by atoms with van der Waals surface area (Å²) in [5.74, 6) is 0.0865. The van der Waals surface area contributed by atoms with Crippen LogP contribution in [0.2, 0.25) is 0 Å². The van der Waals surface area contributed by atoms with Gasteiger partial charge in [0.05, 0.1) is 5.75 Å². The van der Waals surface area contributed by atoms with Gasteiger partial charge in [0, 0.05) is 5.56 Å². The molecular weight excluding hydrogens is 204 g/mol. The third kappa shape index (κ3) is 3.24. The van der Waals surface area contributed by atoms with Gasteiger partial charge in [-0.25, -0.2) is 0 Å². The molecule has 0 aromatic heterocycles. The molecule has 13 heavy (non-hydrogen) atoms. The van der Waals surface area contributed by atoms with E-state index in [9.17, 15) is 9.59 Å². The second kappa shape index (κ2) is 5.09. The van der Waals surface area contributed by atoms with Gasteiger partial charge in [0.25, 0.3) is 0 Å². The van der Waals surface area contributed by atoms with E-state index in [1.165, 1.54) is 0 Å². The van der Waals surface area contributed by atoms with E-state index in [1.807, 2.05) is 6.07 Å². The Kier molecular flexibility index (Phi) is 4.05. The molecule has 1 aromatic rings. The van der Waals surface area contributed by atoms with Crippen LogP contribution in [0.4, 0.5) is 0 Å². The summed E-state index contributed by atoms with van der Waals surface area (Å²) in [6.45, 7) is 0. The third-order valence-electron chi connectivity index (χ3n) is 1.35. The fraction of sp³-hybridized carbons (Fsp3) is 0.111. The van der Waals surface area contributed by atoms with Gasteiger partial charge < -0.3 is 0 Å². The number of benzene rings is 1. The molecule has 1 aromatic carbocycles. The van der Waals surface area contributed by atoms with E-state index < -0.39 is 0 Å². The Bertz CT molecular complexity index is 309. The van der Waals surface area contributed by atoms with Crippen LogP contribution in [0.3, 0.4) is 0 Å². The van der Waals surface area contributed by atoms with Crippen LogP contribution in [0.1, 0.15) is 10.4 Å². The van der Waals surface area contributed by atoms with Crippen LogP contribution in [0.25, 0.3) is 0 Å². The van der Waals surface area contributed by atoms with E-state index in [-0.39, 0.29) is 16.0 Å². The highest BCUT2D eigenvalue weighted by Gasteiger charge is 2.10. The topological polar surface area (TPSA) is 34.1 Å². The Balaban J connectivity index is 2.65. The average molecular weight is 212 g/mol. The molecule has 0 amide bonds. The summed E-state index contributed by atoms with van der Waals surface area (Å²) in [5.41, 5.74) is 0.544. The lowest BCUT2D eigenvalue weighted by atomic mass is 10.2. The highest BCUT2D eigenvalue weighted by atomic mass is 32.2. The number of thiol groups is 1. The maximum Gasteiger partial charge on any atom is 0.226 e. The Morgan fingerprint density at radius 2 is 1.85 bits per heavy atom. The zero-order chi connectivity index (χ0) is 9.68. The Morgan fingerprint density at radius 3 is 2.38 bits per heavy atom. The predicted molar refractivity (Wildman–Crippen MR) is 57.2 cm³/mol. The lowest BCUT2D eigenvalue weighted by Gasteiger charge is -1.96. The van der Waals surface area contributed by atoms with Crippen LogP contribution in [0.15, 0.2) is 30.3 Å². The number of rotatable bonds is 2. The summed E-state index contributed by atoms with van der Waals surface area (Å²) < 4.78 is 0. The molecule has 4 heteroatoms. The third-order valence-corrected chi connectivity index (χ3v) is 2.64. The largest absolute Gasteiger partial charge is 0.286 e. The minimum Gasteiger partial charge on any atom is -0.286 e. The molecule has 2 nitrogen and oxygen atoms in total. The summed E-state index contributed by atoms with van der Waals surface area (Å²) in [4.78, 5) is 22.2. The smallest absolute Gasteiger partial charge is 0.226 e. The SMILES string of the molecule is O=C(CS)SC(=O)c1ccccc1. The van der Waals surface area contributed by atoms with E-state index in [0.717, 1.165) is 0 Å². The Hall–Kier alpha value is -0.740. The van der Waals surface area contributed by atoms with Crippen molar-refractivity contribution in [1.82, 2.24) is 0 Å². The van der Waals surface area contributed by atoms with Crippen LogP contribution in [-0.2, 0) is 4.79 Å². The van der Waals surface area contributed by atoms with Gasteiger partial charge in [-0.2, -0.15) is 12.6 Å². The molecule has 0 radical (unpaired) electrons. The van der Waals surface area contributed by atoms with Crippen molar-refractivity contribution in [2.24, 2.45) is 0 Å². The molecule has 0 spiro atoms. The monoisotopic (exact) mass is 212 g/mol. The number of carbonyl (C=O) groups is 2. The second-order valence-electron chi connectivity index (χ2n) is 2.29. The fourth-order valence-corrected chi connectivity index (χ4v) is 1.49. The molecule has 0 aliphatic heterocycles. The van der Waals surface area contributed by atoms with Gasteiger partial charge in [0.15, 0.2) is 0 Å². The van der Waals surface area contributed by atoms with Crippen LogP contribution in [-0.4, -0.2) is 16.0 Å². The molecule has 0 heterocycles. The number of carbonyl (C=O) groups excluding carboxylic acids is 2. The lowest BCUT2D eigenvalue weighted by molar-refractivity contribution is -0.108. The van der Waals surface area contributed by atoms with E-state index >= 15 is 0 Å². The van der Waals surface area contributed by atoms with E-state index in [4.69, 9.17) is 0 Å². The summed E-state index contributed by atoms with van der Waals surface area (Å²) >= 11 is 4.48. The molecule has 0 atom stereocenters. The maximum atomic E-state index is 11.3. The predicted octanol–water partition coefficient (Wildman–Crippen LogP) is 2.02. The first kappa shape index (κ1) is 10.3. The summed E-state index contributed by atoms with van der Waals surface area (Å²) in [6.07, 6.45) is 0. The standard InChI is InChI=1S/C9H8O2S2/c10-8(6-12)13-9(11)7-4-2-1-3-5-7/h1-5,12H,6H2. The van der Waals surface area contributed by atoms with Crippen LogP contribution in [0.5, 0.6) is 0 Å². The minimum absolute atomic E-state index is 0.0865. The number of hydrogen-bond acceptors (Lipinski definition) is 4. The molecule has 0 unspecified atom stereocenters. The van der Waals surface area contributed by atoms with Crippen LogP contribution in [0, 0.1) is 0 Å². The zero-order valence-corrected chi connectivity index (χ0v) is 8.48. The van der Waals surface area contributed by atoms with Crippen molar-refractivity contribution in [3.63, 3.8) is 0 Å². The van der Waals surface area contributed by atoms with E-state index in [2.05, 4.69) is 12.6 Å². The molecule has 0 saturated carbocycles. The molecule has 0 aliphatic carbocycles. The lowest BCUT2D eigenvalue weighted by Crippen LogP contribution is -2.00. The molecule has 1 rings (SSSR count). The highest BCUT2D eigenvalue weighted by molar-refractivity contribution is 8.27. The first-order valence-corrected chi connectivity index (χ1v) is 5.10. The van der Waals surface area contributed by atoms with Gasteiger partial charge >= 0.3 is 0 Å². The fourth-order valence-electron chi connectivity index (χ4n) is 0.769.